The third kappa shape index (κ3) is 3.28. The Balaban J connectivity index is 2.24. The first-order valence-electron chi connectivity index (χ1n) is 5.40. The predicted molar refractivity (Wildman–Crippen MR) is 72.0 cm³/mol. The number of hydrogen-bond acceptors (Lipinski definition) is 6. The second-order valence-corrected chi connectivity index (χ2v) is 8.03. The molecule has 20 heavy (non-hydrogen) atoms. The van der Waals surface area contributed by atoms with E-state index in [0.717, 1.165) is 0 Å². The topological polar surface area (TPSA) is 86.7 Å². The van der Waals surface area contributed by atoms with Crippen molar-refractivity contribution in [3.05, 3.63) is 60.7 Å². The Morgan fingerprint density at radius 3 is 1.15 bits per heavy atom. The molecule has 0 saturated carbocycles. The summed E-state index contributed by atoms with van der Waals surface area (Å²) in [6.45, 7) is 0. The normalized spacial score (nSPS) is 11.8. The summed E-state index contributed by atoms with van der Waals surface area (Å²) in [7, 11) is -9.92. The molecule has 8 heteroatoms. The first-order valence-corrected chi connectivity index (χ1v) is 8.73. The maximum Gasteiger partial charge on any atom is 0.454 e. The minimum absolute atomic E-state index is 0.118. The maximum atomic E-state index is 11.7. The molecule has 0 aliphatic heterocycles. The van der Waals surface area contributed by atoms with Gasteiger partial charge in [-0.1, -0.05) is 36.4 Å². The number of para-hydroxylation sites is 2. The molecule has 0 spiro atoms. The highest BCUT2D eigenvalue weighted by molar-refractivity contribution is 8.63. The fourth-order valence-corrected chi connectivity index (χ4v) is 3.10. The Morgan fingerprint density at radius 2 is 0.850 bits per heavy atom. The van der Waals surface area contributed by atoms with Gasteiger partial charge in [-0.3, -0.25) is 0 Å². The Morgan fingerprint density at radius 1 is 0.550 bits per heavy atom. The van der Waals surface area contributed by atoms with Crippen molar-refractivity contribution >= 4 is 18.3 Å². The molecule has 0 aliphatic carbocycles. The van der Waals surface area contributed by atoms with Gasteiger partial charge in [0.05, 0.1) is 0 Å². The second kappa shape index (κ2) is 5.51. The van der Waals surface area contributed by atoms with Crippen molar-refractivity contribution in [2.24, 2.45) is 0 Å². The highest BCUT2D eigenvalue weighted by Crippen LogP contribution is 2.19. The van der Waals surface area contributed by atoms with Gasteiger partial charge >= 0.3 is 18.3 Å². The lowest BCUT2D eigenvalue weighted by Gasteiger charge is -2.08. The summed E-state index contributed by atoms with van der Waals surface area (Å²) in [4.78, 5) is 0. The molecule has 2 rings (SSSR count). The number of hydrogen-bond donors (Lipinski definition) is 0. The van der Waals surface area contributed by atoms with Gasteiger partial charge in [-0.2, -0.15) is 16.8 Å². The van der Waals surface area contributed by atoms with Gasteiger partial charge in [0.25, 0.3) is 0 Å². The lowest BCUT2D eigenvalue weighted by molar-refractivity contribution is 0.465. The van der Waals surface area contributed by atoms with Gasteiger partial charge in [0.2, 0.25) is 0 Å². The minimum atomic E-state index is -4.96. The van der Waals surface area contributed by atoms with Crippen LogP contribution in [0.15, 0.2) is 60.7 Å². The summed E-state index contributed by atoms with van der Waals surface area (Å²) >= 11 is 0. The van der Waals surface area contributed by atoms with Crippen molar-refractivity contribution in [1.82, 2.24) is 0 Å². The summed E-state index contributed by atoms with van der Waals surface area (Å²) in [5, 5.41) is 0. The van der Waals surface area contributed by atoms with E-state index in [4.69, 9.17) is 0 Å². The van der Waals surface area contributed by atoms with Crippen LogP contribution in [-0.4, -0.2) is 16.8 Å². The molecule has 6 nitrogen and oxygen atoms in total. The van der Waals surface area contributed by atoms with Gasteiger partial charge in [-0.25, -0.2) is 0 Å². The Labute approximate surface area is 116 Å². The van der Waals surface area contributed by atoms with Crippen molar-refractivity contribution < 1.29 is 25.2 Å². The molecular weight excluding hydrogens is 304 g/mol. The molecular formula is C12H10O6S2. The van der Waals surface area contributed by atoms with Crippen molar-refractivity contribution in [1.29, 1.82) is 0 Å². The Bertz CT molecular complexity index is 698. The van der Waals surface area contributed by atoms with Crippen molar-refractivity contribution in [3.63, 3.8) is 0 Å². The zero-order chi connectivity index (χ0) is 14.6. The molecule has 0 aromatic heterocycles. The van der Waals surface area contributed by atoms with Crippen LogP contribution in [0, 0.1) is 0 Å². The van der Waals surface area contributed by atoms with E-state index < -0.39 is 18.3 Å². The highest BCUT2D eigenvalue weighted by atomic mass is 33.2. The average Bonchev–Trinajstić information content (AvgIpc) is 2.40. The number of benzene rings is 2. The van der Waals surface area contributed by atoms with E-state index in [2.05, 4.69) is 8.37 Å². The van der Waals surface area contributed by atoms with Crippen LogP contribution < -0.4 is 8.37 Å². The van der Waals surface area contributed by atoms with Crippen LogP contribution in [0.4, 0.5) is 0 Å². The van der Waals surface area contributed by atoms with Gasteiger partial charge < -0.3 is 8.37 Å². The molecule has 2 aromatic carbocycles. The quantitative estimate of drug-likeness (QED) is 0.781. The monoisotopic (exact) mass is 314 g/mol. The van der Waals surface area contributed by atoms with Crippen molar-refractivity contribution in [3.8, 4) is 11.5 Å². The van der Waals surface area contributed by atoms with Crippen LogP contribution in [0.25, 0.3) is 0 Å². The second-order valence-electron chi connectivity index (χ2n) is 3.61. The maximum absolute atomic E-state index is 11.7. The molecule has 0 N–H and O–H groups in total. The molecule has 0 heterocycles. The fourth-order valence-electron chi connectivity index (χ4n) is 1.27. The summed E-state index contributed by atoms with van der Waals surface area (Å²) in [5.74, 6) is -0.236. The van der Waals surface area contributed by atoms with Crippen molar-refractivity contribution in [2.75, 3.05) is 0 Å². The SMILES string of the molecule is O=S(=O)(Oc1ccccc1)S(=O)(=O)Oc1ccccc1. The van der Waals surface area contributed by atoms with Crippen LogP contribution in [0.1, 0.15) is 0 Å². The lowest BCUT2D eigenvalue weighted by Crippen LogP contribution is -2.25. The molecule has 2 aromatic rings. The molecule has 0 aliphatic rings. The molecule has 106 valence electrons. The van der Waals surface area contributed by atoms with Crippen molar-refractivity contribution in [2.45, 2.75) is 0 Å². The van der Waals surface area contributed by atoms with Gasteiger partial charge in [0, 0.05) is 0 Å². The smallest absolute Gasteiger partial charge is 0.369 e. The first kappa shape index (κ1) is 14.4. The average molecular weight is 314 g/mol. The zero-order valence-corrected chi connectivity index (χ0v) is 11.7. The minimum Gasteiger partial charge on any atom is -0.369 e. The molecule has 0 unspecified atom stereocenters. The van der Waals surface area contributed by atoms with Crippen LogP contribution in [0.5, 0.6) is 11.5 Å². The van der Waals surface area contributed by atoms with Gasteiger partial charge in [0.1, 0.15) is 11.5 Å². The van der Waals surface area contributed by atoms with Gasteiger partial charge in [-0.15, -0.1) is 0 Å². The van der Waals surface area contributed by atoms with Crippen LogP contribution in [-0.2, 0) is 18.3 Å². The molecule has 0 atom stereocenters. The van der Waals surface area contributed by atoms with Crippen LogP contribution in [0.2, 0.25) is 0 Å². The predicted octanol–water partition coefficient (Wildman–Crippen LogP) is 1.72. The standard InChI is InChI=1S/C12H10O6S2/c13-19(14,17-11-7-3-1-4-8-11)20(15,16)18-12-9-5-2-6-10-12/h1-10H. The molecule has 0 amide bonds. The van der Waals surface area contributed by atoms with E-state index in [0.29, 0.717) is 0 Å². The van der Waals surface area contributed by atoms with E-state index in [1.165, 1.54) is 48.5 Å². The molecule has 0 saturated heterocycles. The summed E-state index contributed by atoms with van der Waals surface area (Å²) in [5.41, 5.74) is 0. The van der Waals surface area contributed by atoms with Gasteiger partial charge in [0.15, 0.2) is 0 Å². The van der Waals surface area contributed by atoms with E-state index in [-0.39, 0.29) is 11.5 Å². The van der Waals surface area contributed by atoms with E-state index in [1.54, 1.807) is 12.1 Å². The lowest BCUT2D eigenvalue weighted by atomic mass is 10.3. The van der Waals surface area contributed by atoms with Crippen LogP contribution >= 0.6 is 0 Å². The van der Waals surface area contributed by atoms with E-state index in [1.807, 2.05) is 0 Å². The van der Waals surface area contributed by atoms with Crippen LogP contribution in [0.3, 0.4) is 0 Å². The highest BCUT2D eigenvalue weighted by Gasteiger charge is 2.35. The molecule has 0 radical (unpaired) electrons. The summed E-state index contributed by atoms with van der Waals surface area (Å²) in [6, 6.07) is 14.6. The largest absolute Gasteiger partial charge is 0.454 e. The number of rotatable bonds is 5. The first-order chi connectivity index (χ1) is 9.41. The third-order valence-electron chi connectivity index (χ3n) is 2.13. The fraction of sp³-hybridized carbons (Fsp3) is 0. The van der Waals surface area contributed by atoms with Gasteiger partial charge in [-0.05, 0) is 24.3 Å². The third-order valence-corrected chi connectivity index (χ3v) is 5.33. The molecule has 0 bridgehead atoms. The van der Waals surface area contributed by atoms with E-state index in [9.17, 15) is 16.8 Å². The summed E-state index contributed by atoms with van der Waals surface area (Å²) < 4.78 is 55.8. The Hall–Kier alpha value is -2.06. The zero-order valence-electron chi connectivity index (χ0n) is 10.0. The Kier molecular flexibility index (Phi) is 3.96. The van der Waals surface area contributed by atoms with E-state index >= 15 is 0 Å². The summed E-state index contributed by atoms with van der Waals surface area (Å²) in [6.07, 6.45) is 0. The molecule has 0 fully saturated rings.